The molecular weight excluding hydrogens is 364 g/mol. The van der Waals surface area contributed by atoms with Crippen molar-refractivity contribution in [2.24, 2.45) is 0 Å². The molecule has 1 aromatic carbocycles. The maximum atomic E-state index is 12.6. The topological polar surface area (TPSA) is 96.7 Å². The summed E-state index contributed by atoms with van der Waals surface area (Å²) in [6.07, 6.45) is 3.91. The van der Waals surface area contributed by atoms with E-state index in [4.69, 9.17) is 4.42 Å². The zero-order valence-electron chi connectivity index (χ0n) is 14.0. The number of hydrogen-bond acceptors (Lipinski definition) is 5. The van der Waals surface area contributed by atoms with Crippen molar-refractivity contribution >= 4 is 20.0 Å². The van der Waals surface area contributed by atoms with E-state index in [-0.39, 0.29) is 15.8 Å². The van der Waals surface area contributed by atoms with Gasteiger partial charge in [0.15, 0.2) is 0 Å². The van der Waals surface area contributed by atoms with E-state index in [1.807, 2.05) is 0 Å². The number of rotatable bonds is 5. The average molecular weight is 384 g/mol. The highest BCUT2D eigenvalue weighted by Gasteiger charge is 2.28. The smallest absolute Gasteiger partial charge is 0.242 e. The van der Waals surface area contributed by atoms with Crippen LogP contribution in [0.3, 0.4) is 0 Å². The highest BCUT2D eigenvalue weighted by atomic mass is 32.2. The van der Waals surface area contributed by atoms with E-state index in [0.29, 0.717) is 6.42 Å². The Morgan fingerprint density at radius 2 is 1.68 bits per heavy atom. The van der Waals surface area contributed by atoms with Crippen molar-refractivity contribution in [2.75, 3.05) is 14.1 Å². The molecule has 1 unspecified atom stereocenters. The van der Waals surface area contributed by atoms with Gasteiger partial charge >= 0.3 is 0 Å². The van der Waals surface area contributed by atoms with Crippen molar-refractivity contribution < 1.29 is 21.3 Å². The second-order valence-electron chi connectivity index (χ2n) is 6.12. The fourth-order valence-electron chi connectivity index (χ4n) is 2.87. The zero-order valence-corrected chi connectivity index (χ0v) is 15.6. The minimum Gasteiger partial charge on any atom is -0.469 e. The lowest BCUT2D eigenvalue weighted by Crippen LogP contribution is -2.30. The molecule has 0 saturated carbocycles. The van der Waals surface area contributed by atoms with Crippen LogP contribution in [0.25, 0.3) is 0 Å². The lowest BCUT2D eigenvalue weighted by Gasteiger charge is -2.22. The van der Waals surface area contributed by atoms with E-state index in [2.05, 4.69) is 4.72 Å². The normalized spacial score (nSPS) is 18.3. The Morgan fingerprint density at radius 1 is 1.04 bits per heavy atom. The first-order valence-electron chi connectivity index (χ1n) is 7.83. The van der Waals surface area contributed by atoms with E-state index < -0.39 is 20.0 Å². The van der Waals surface area contributed by atoms with Gasteiger partial charge in [-0.3, -0.25) is 0 Å². The molecule has 136 valence electrons. The highest BCUT2D eigenvalue weighted by molar-refractivity contribution is 7.89. The number of nitrogens with one attached hydrogen (secondary N) is 1. The molecule has 0 aliphatic heterocycles. The Bertz CT molecular complexity index is 960. The Morgan fingerprint density at radius 3 is 2.32 bits per heavy atom. The summed E-state index contributed by atoms with van der Waals surface area (Å²) in [6, 6.07) is 6.66. The number of aryl methyl sites for hydroxylation is 1. The minimum atomic E-state index is -3.76. The molecule has 1 aliphatic carbocycles. The van der Waals surface area contributed by atoms with Crippen LogP contribution in [0.2, 0.25) is 0 Å². The monoisotopic (exact) mass is 384 g/mol. The third kappa shape index (κ3) is 3.50. The van der Waals surface area contributed by atoms with Gasteiger partial charge in [0.25, 0.3) is 0 Å². The summed E-state index contributed by atoms with van der Waals surface area (Å²) in [5.74, 6) is 0.811. The maximum Gasteiger partial charge on any atom is 0.242 e. The number of nitrogens with zero attached hydrogens (tertiary/aromatic N) is 1. The van der Waals surface area contributed by atoms with Crippen LogP contribution in [0, 0.1) is 0 Å². The molecule has 1 heterocycles. The fraction of sp³-hybridized carbons (Fsp3) is 0.375. The number of furan rings is 1. The molecule has 1 aliphatic rings. The van der Waals surface area contributed by atoms with Gasteiger partial charge in [0.1, 0.15) is 5.76 Å². The van der Waals surface area contributed by atoms with Gasteiger partial charge in [-0.15, -0.1) is 0 Å². The second-order valence-corrected chi connectivity index (χ2v) is 9.99. The standard InChI is InChI=1S/C16H20N2O5S2/c1-18(2)25(21,22)13-8-6-12(7-9-13)24(19,20)17-15-4-3-5-16-14(15)10-11-23-16/h6-11,15,17H,3-5H2,1-2H3. The summed E-state index contributed by atoms with van der Waals surface area (Å²) < 4.78 is 58.5. The molecule has 1 atom stereocenters. The van der Waals surface area contributed by atoms with Gasteiger partial charge in [-0.2, -0.15) is 0 Å². The highest BCUT2D eigenvalue weighted by Crippen LogP contribution is 2.31. The van der Waals surface area contributed by atoms with Gasteiger partial charge in [0, 0.05) is 26.1 Å². The van der Waals surface area contributed by atoms with Crippen molar-refractivity contribution in [3.63, 3.8) is 0 Å². The van der Waals surface area contributed by atoms with Crippen molar-refractivity contribution in [2.45, 2.75) is 35.1 Å². The zero-order chi connectivity index (χ0) is 18.2. The molecule has 2 aromatic rings. The van der Waals surface area contributed by atoms with Crippen molar-refractivity contribution in [1.29, 1.82) is 0 Å². The SMILES string of the molecule is CN(C)S(=O)(=O)c1ccc(S(=O)(=O)NC2CCCc3occc32)cc1. The lowest BCUT2D eigenvalue weighted by molar-refractivity contribution is 0.438. The Balaban J connectivity index is 1.85. The van der Waals surface area contributed by atoms with Crippen LogP contribution in [0.5, 0.6) is 0 Å². The molecule has 9 heteroatoms. The summed E-state index contributed by atoms with van der Waals surface area (Å²) in [5, 5.41) is 0. The Kier molecular flexibility index (Phi) is 4.76. The first-order valence-corrected chi connectivity index (χ1v) is 10.8. The average Bonchev–Trinajstić information content (AvgIpc) is 3.04. The first kappa shape index (κ1) is 18.1. The number of hydrogen-bond donors (Lipinski definition) is 1. The van der Waals surface area contributed by atoms with Crippen LogP contribution in [0.15, 0.2) is 50.8 Å². The fourth-order valence-corrected chi connectivity index (χ4v) is 5.02. The van der Waals surface area contributed by atoms with Crippen LogP contribution in [-0.4, -0.2) is 35.2 Å². The van der Waals surface area contributed by atoms with Crippen LogP contribution >= 0.6 is 0 Å². The van der Waals surface area contributed by atoms with E-state index >= 15 is 0 Å². The molecule has 0 amide bonds. The maximum absolute atomic E-state index is 12.6. The third-order valence-corrected chi connectivity index (χ3v) is 7.58. The number of fused-ring (bicyclic) bond motifs is 1. The lowest BCUT2D eigenvalue weighted by atomic mass is 9.94. The summed E-state index contributed by atoms with van der Waals surface area (Å²) in [4.78, 5) is 0.0760. The van der Waals surface area contributed by atoms with Crippen LogP contribution in [0.1, 0.15) is 30.2 Å². The molecule has 3 rings (SSSR count). The van der Waals surface area contributed by atoms with Crippen LogP contribution in [-0.2, 0) is 26.5 Å². The van der Waals surface area contributed by atoms with Crippen molar-refractivity contribution in [3.8, 4) is 0 Å². The molecule has 1 N–H and O–H groups in total. The van der Waals surface area contributed by atoms with Gasteiger partial charge in [-0.1, -0.05) is 0 Å². The largest absolute Gasteiger partial charge is 0.469 e. The molecule has 0 saturated heterocycles. The van der Waals surface area contributed by atoms with Gasteiger partial charge in [0.2, 0.25) is 20.0 Å². The molecule has 0 bridgehead atoms. The quantitative estimate of drug-likeness (QED) is 0.849. The first-order chi connectivity index (χ1) is 11.7. The van der Waals surface area contributed by atoms with Gasteiger partial charge < -0.3 is 4.42 Å². The third-order valence-electron chi connectivity index (χ3n) is 4.26. The van der Waals surface area contributed by atoms with Gasteiger partial charge in [-0.25, -0.2) is 25.9 Å². The van der Waals surface area contributed by atoms with Gasteiger partial charge in [0.05, 0.1) is 22.1 Å². The minimum absolute atomic E-state index is 0.0285. The summed E-state index contributed by atoms with van der Waals surface area (Å²) >= 11 is 0. The Hall–Kier alpha value is -1.68. The molecule has 0 radical (unpaired) electrons. The van der Waals surface area contributed by atoms with Crippen LogP contribution < -0.4 is 4.72 Å². The molecular formula is C16H20N2O5S2. The molecule has 0 spiro atoms. The second kappa shape index (κ2) is 6.56. The van der Waals surface area contributed by atoms with E-state index in [1.165, 1.54) is 38.4 Å². The van der Waals surface area contributed by atoms with Gasteiger partial charge in [-0.05, 0) is 43.2 Å². The summed E-state index contributed by atoms with van der Waals surface area (Å²) in [7, 11) is -4.51. The van der Waals surface area contributed by atoms with Crippen molar-refractivity contribution in [3.05, 3.63) is 47.9 Å². The summed E-state index contributed by atoms with van der Waals surface area (Å²) in [5.41, 5.74) is 0.863. The summed E-state index contributed by atoms with van der Waals surface area (Å²) in [6.45, 7) is 0. The Labute approximate surface area is 147 Å². The predicted molar refractivity (Wildman–Crippen MR) is 92.0 cm³/mol. The number of benzene rings is 1. The molecule has 0 fully saturated rings. The number of sulfonamides is 2. The molecule has 1 aromatic heterocycles. The molecule has 7 nitrogen and oxygen atoms in total. The molecule has 25 heavy (non-hydrogen) atoms. The van der Waals surface area contributed by atoms with Crippen LogP contribution in [0.4, 0.5) is 0 Å². The predicted octanol–water partition coefficient (Wildman–Crippen LogP) is 1.89. The van der Waals surface area contributed by atoms with Crippen molar-refractivity contribution in [1.82, 2.24) is 9.03 Å². The van der Waals surface area contributed by atoms with E-state index in [9.17, 15) is 16.8 Å². The van der Waals surface area contributed by atoms with E-state index in [1.54, 1.807) is 12.3 Å². The van der Waals surface area contributed by atoms with E-state index in [0.717, 1.165) is 28.5 Å².